The molecule has 1 aromatic rings. The molecule has 2 heterocycles. The quantitative estimate of drug-likeness (QED) is 0.840. The molecule has 8 heteroatoms. The van der Waals surface area contributed by atoms with Crippen molar-refractivity contribution in [2.24, 2.45) is 0 Å². The van der Waals surface area contributed by atoms with E-state index in [0.29, 0.717) is 16.8 Å². The molecule has 1 atom stereocenters. The van der Waals surface area contributed by atoms with Crippen LogP contribution in [0, 0.1) is 0 Å². The number of halogens is 2. The van der Waals surface area contributed by atoms with Gasteiger partial charge in [-0.3, -0.25) is 0 Å². The first-order valence-corrected chi connectivity index (χ1v) is 8.38. The van der Waals surface area contributed by atoms with Gasteiger partial charge in [0, 0.05) is 13.1 Å². The van der Waals surface area contributed by atoms with Crippen molar-refractivity contribution in [2.75, 3.05) is 13.1 Å². The summed E-state index contributed by atoms with van der Waals surface area (Å²) in [5.74, 6) is 0. The fourth-order valence-corrected chi connectivity index (χ4v) is 6.82. The molecule has 0 aliphatic carbocycles. The lowest BCUT2D eigenvalue weighted by molar-refractivity contribution is 0.189. The predicted molar refractivity (Wildman–Crippen MR) is 69.1 cm³/mol. The number of hydrogen-bond acceptors (Lipinski definition) is 4. The zero-order chi connectivity index (χ0) is 11.9. The van der Waals surface area contributed by atoms with Crippen molar-refractivity contribution in [1.82, 2.24) is 4.31 Å². The van der Waals surface area contributed by atoms with Crippen molar-refractivity contribution in [2.45, 2.75) is 17.4 Å². The van der Waals surface area contributed by atoms with Crippen LogP contribution in [0.5, 0.6) is 0 Å². The van der Waals surface area contributed by atoms with Crippen molar-refractivity contribution >= 4 is 53.2 Å². The average molecular weight is 391 g/mol. The second kappa shape index (κ2) is 4.66. The summed E-state index contributed by atoms with van der Waals surface area (Å²) in [5.41, 5.74) is 0. The third-order valence-corrected chi connectivity index (χ3v) is 6.99. The van der Waals surface area contributed by atoms with E-state index >= 15 is 0 Å². The Morgan fingerprint density at radius 1 is 1.50 bits per heavy atom. The summed E-state index contributed by atoms with van der Waals surface area (Å²) in [4.78, 5) is 0.262. The van der Waals surface area contributed by atoms with Crippen molar-refractivity contribution in [3.63, 3.8) is 0 Å². The molecule has 1 aromatic heterocycles. The molecule has 0 amide bonds. The molecule has 2 rings (SSSR count). The van der Waals surface area contributed by atoms with Gasteiger partial charge in [-0.2, -0.15) is 4.31 Å². The Balaban J connectivity index is 2.36. The van der Waals surface area contributed by atoms with Gasteiger partial charge in [-0.1, -0.05) is 0 Å². The highest BCUT2D eigenvalue weighted by atomic mass is 79.9. The minimum Gasteiger partial charge on any atom is -0.392 e. The third kappa shape index (κ3) is 2.37. The lowest BCUT2D eigenvalue weighted by Gasteiger charge is -2.14. The van der Waals surface area contributed by atoms with Gasteiger partial charge in [0.1, 0.15) is 4.90 Å². The van der Waals surface area contributed by atoms with E-state index in [9.17, 15) is 13.5 Å². The summed E-state index contributed by atoms with van der Waals surface area (Å²) in [6.45, 7) is 0.561. The Morgan fingerprint density at radius 3 is 2.62 bits per heavy atom. The van der Waals surface area contributed by atoms with Crippen LogP contribution in [0.4, 0.5) is 0 Å². The van der Waals surface area contributed by atoms with Crippen LogP contribution in [-0.4, -0.2) is 37.0 Å². The zero-order valence-electron chi connectivity index (χ0n) is 8.06. The molecule has 0 bridgehead atoms. The summed E-state index contributed by atoms with van der Waals surface area (Å²) in [6, 6.07) is 1.58. The van der Waals surface area contributed by atoms with E-state index in [2.05, 4.69) is 31.9 Å². The lowest BCUT2D eigenvalue weighted by Crippen LogP contribution is -2.29. The van der Waals surface area contributed by atoms with Crippen molar-refractivity contribution in [1.29, 1.82) is 0 Å². The number of rotatable bonds is 2. The minimum atomic E-state index is -3.47. The van der Waals surface area contributed by atoms with E-state index in [1.807, 2.05) is 0 Å². The fraction of sp³-hybridized carbons (Fsp3) is 0.500. The molecule has 1 fully saturated rings. The molecule has 0 radical (unpaired) electrons. The van der Waals surface area contributed by atoms with Crippen LogP contribution in [0.25, 0.3) is 0 Å². The van der Waals surface area contributed by atoms with Crippen molar-refractivity contribution < 1.29 is 13.5 Å². The molecule has 1 aliphatic rings. The Hall–Kier alpha value is 0.530. The topological polar surface area (TPSA) is 57.6 Å². The van der Waals surface area contributed by atoms with Crippen molar-refractivity contribution in [3.8, 4) is 0 Å². The molecule has 1 aliphatic heterocycles. The van der Waals surface area contributed by atoms with E-state index in [1.54, 1.807) is 6.07 Å². The minimum absolute atomic E-state index is 0.183. The first-order chi connectivity index (χ1) is 7.41. The van der Waals surface area contributed by atoms with Crippen LogP contribution in [0.15, 0.2) is 18.5 Å². The second-order valence-corrected chi connectivity index (χ2v) is 9.15. The first kappa shape index (κ1) is 13.0. The number of aliphatic hydroxyl groups excluding tert-OH is 1. The summed E-state index contributed by atoms with van der Waals surface area (Å²) in [7, 11) is -3.47. The van der Waals surface area contributed by atoms with Gasteiger partial charge in [-0.25, -0.2) is 8.42 Å². The van der Waals surface area contributed by atoms with E-state index in [-0.39, 0.29) is 11.4 Å². The largest absolute Gasteiger partial charge is 0.392 e. The number of nitrogens with zero attached hydrogens (tertiary/aromatic N) is 1. The van der Waals surface area contributed by atoms with Gasteiger partial charge in [0.25, 0.3) is 0 Å². The molecule has 0 spiro atoms. The number of thiophene rings is 1. The molecule has 90 valence electrons. The van der Waals surface area contributed by atoms with Crippen LogP contribution in [-0.2, 0) is 10.0 Å². The van der Waals surface area contributed by atoms with Crippen LogP contribution in [0.2, 0.25) is 0 Å². The zero-order valence-corrected chi connectivity index (χ0v) is 12.9. The normalized spacial score (nSPS) is 22.8. The van der Waals surface area contributed by atoms with Crippen molar-refractivity contribution in [3.05, 3.63) is 13.6 Å². The maximum atomic E-state index is 12.2. The fourth-order valence-electron chi connectivity index (χ4n) is 1.57. The Morgan fingerprint density at radius 2 is 2.19 bits per heavy atom. The molecular formula is C8H9Br2NO3S2. The summed E-state index contributed by atoms with van der Waals surface area (Å²) in [5, 5.41) is 9.36. The van der Waals surface area contributed by atoms with E-state index in [1.165, 1.54) is 15.6 Å². The number of hydrogen-bond donors (Lipinski definition) is 1. The SMILES string of the molecule is O=S(=O)(c1cc(Br)sc1Br)N1CCC(O)C1. The van der Waals surface area contributed by atoms with Gasteiger partial charge in [-0.15, -0.1) is 11.3 Å². The molecule has 1 saturated heterocycles. The highest BCUT2D eigenvalue weighted by Crippen LogP contribution is 2.36. The lowest BCUT2D eigenvalue weighted by atomic mass is 10.3. The number of sulfonamides is 1. The molecule has 16 heavy (non-hydrogen) atoms. The van der Waals surface area contributed by atoms with Gasteiger partial charge >= 0.3 is 0 Å². The third-order valence-electron chi connectivity index (χ3n) is 2.37. The highest BCUT2D eigenvalue weighted by molar-refractivity contribution is 9.12. The van der Waals surface area contributed by atoms with Crippen LogP contribution < -0.4 is 0 Å². The molecular weight excluding hydrogens is 382 g/mol. The van der Waals surface area contributed by atoms with Crippen LogP contribution in [0.1, 0.15) is 6.42 Å². The summed E-state index contributed by atoms with van der Waals surface area (Å²) in [6.07, 6.45) is -0.0436. The van der Waals surface area contributed by atoms with E-state index < -0.39 is 16.1 Å². The molecule has 0 saturated carbocycles. The van der Waals surface area contributed by atoms with Gasteiger partial charge in [-0.05, 0) is 44.3 Å². The standard InChI is InChI=1S/C8H9Br2NO3S2/c9-7-3-6(8(10)15-7)16(13,14)11-2-1-5(12)4-11/h3,5,12H,1-2,4H2. The maximum absolute atomic E-state index is 12.2. The first-order valence-electron chi connectivity index (χ1n) is 4.54. The summed E-state index contributed by atoms with van der Waals surface area (Å²) >= 11 is 7.81. The van der Waals surface area contributed by atoms with Gasteiger partial charge in [0.2, 0.25) is 10.0 Å². The Bertz CT molecular complexity index is 499. The van der Waals surface area contributed by atoms with Crippen LogP contribution >= 0.6 is 43.2 Å². The van der Waals surface area contributed by atoms with Gasteiger partial charge in [0.05, 0.1) is 13.7 Å². The molecule has 1 unspecified atom stereocenters. The number of β-amino-alcohol motifs (C(OH)–C–C–N with tert-alkyl or cyclic N) is 1. The Labute approximate surface area is 115 Å². The molecule has 4 nitrogen and oxygen atoms in total. The monoisotopic (exact) mass is 389 g/mol. The van der Waals surface area contributed by atoms with Crippen LogP contribution in [0.3, 0.4) is 0 Å². The predicted octanol–water partition coefficient (Wildman–Crippen LogP) is 2.03. The smallest absolute Gasteiger partial charge is 0.245 e. The average Bonchev–Trinajstić information content (AvgIpc) is 2.73. The molecule has 0 aromatic carbocycles. The van der Waals surface area contributed by atoms with Gasteiger partial charge in [0.15, 0.2) is 0 Å². The maximum Gasteiger partial charge on any atom is 0.245 e. The molecule has 1 N–H and O–H groups in total. The Kier molecular flexibility index (Phi) is 3.78. The number of aliphatic hydroxyl groups is 1. The summed E-state index contributed by atoms with van der Waals surface area (Å²) < 4.78 is 27.0. The van der Waals surface area contributed by atoms with E-state index in [0.717, 1.165) is 3.79 Å². The van der Waals surface area contributed by atoms with Gasteiger partial charge < -0.3 is 5.11 Å². The second-order valence-electron chi connectivity index (χ2n) is 3.49. The van der Waals surface area contributed by atoms with E-state index in [4.69, 9.17) is 0 Å². The highest BCUT2D eigenvalue weighted by Gasteiger charge is 2.33.